The zero-order valence-corrected chi connectivity index (χ0v) is 10.4. The van der Waals surface area contributed by atoms with Crippen LogP contribution < -0.4 is 5.73 Å². The van der Waals surface area contributed by atoms with Crippen LogP contribution in [-0.4, -0.2) is 55.2 Å². The van der Waals surface area contributed by atoms with Gasteiger partial charge in [0.15, 0.2) is 0 Å². The van der Waals surface area contributed by atoms with E-state index in [1.165, 1.54) is 12.0 Å². The number of hydrogen-bond acceptors (Lipinski definition) is 4. The van der Waals surface area contributed by atoms with Gasteiger partial charge in [0.25, 0.3) is 0 Å². The average Bonchev–Trinajstić information content (AvgIpc) is 2.29. The molecule has 0 spiro atoms. The SMILES string of the molecule is COCCN(CC(=O)O)C(=O)CCCCCN. The van der Waals surface area contributed by atoms with Gasteiger partial charge in [-0.05, 0) is 19.4 Å². The first kappa shape index (κ1) is 15.9. The van der Waals surface area contributed by atoms with E-state index in [0.29, 0.717) is 26.1 Å². The van der Waals surface area contributed by atoms with Crippen molar-refractivity contribution in [3.05, 3.63) is 0 Å². The van der Waals surface area contributed by atoms with E-state index in [1.54, 1.807) is 0 Å². The van der Waals surface area contributed by atoms with Crippen LogP contribution in [0, 0.1) is 0 Å². The molecule has 0 aliphatic carbocycles. The van der Waals surface area contributed by atoms with Crippen LogP contribution in [0.1, 0.15) is 25.7 Å². The number of carbonyl (C=O) groups excluding carboxylic acids is 1. The summed E-state index contributed by atoms with van der Waals surface area (Å²) in [5.74, 6) is -1.14. The summed E-state index contributed by atoms with van der Waals surface area (Å²) in [6.07, 6.45) is 2.91. The third kappa shape index (κ3) is 8.65. The maximum absolute atomic E-state index is 11.7. The Morgan fingerprint density at radius 1 is 1.29 bits per heavy atom. The molecular formula is C11H22N2O4. The number of amides is 1. The molecule has 1 amide bonds. The van der Waals surface area contributed by atoms with Crippen LogP contribution in [0.25, 0.3) is 0 Å². The molecule has 0 aliphatic rings. The van der Waals surface area contributed by atoms with Gasteiger partial charge >= 0.3 is 5.97 Å². The summed E-state index contributed by atoms with van der Waals surface area (Å²) < 4.78 is 4.84. The molecule has 0 heterocycles. The van der Waals surface area contributed by atoms with Gasteiger partial charge in [-0.25, -0.2) is 0 Å². The summed E-state index contributed by atoms with van der Waals surface area (Å²) in [6.45, 7) is 1.02. The van der Waals surface area contributed by atoms with Crippen molar-refractivity contribution in [1.82, 2.24) is 4.90 Å². The fraction of sp³-hybridized carbons (Fsp3) is 0.818. The van der Waals surface area contributed by atoms with Crippen molar-refractivity contribution >= 4 is 11.9 Å². The first-order valence-electron chi connectivity index (χ1n) is 5.80. The van der Waals surface area contributed by atoms with Crippen LogP contribution in [-0.2, 0) is 14.3 Å². The first-order valence-corrected chi connectivity index (χ1v) is 5.80. The van der Waals surface area contributed by atoms with Crippen LogP contribution in [0.5, 0.6) is 0 Å². The fourth-order valence-electron chi connectivity index (χ4n) is 1.41. The minimum Gasteiger partial charge on any atom is -0.480 e. The Labute approximate surface area is 102 Å². The van der Waals surface area contributed by atoms with E-state index in [2.05, 4.69) is 0 Å². The number of nitrogens with two attached hydrogens (primary N) is 1. The third-order valence-corrected chi connectivity index (χ3v) is 2.34. The highest BCUT2D eigenvalue weighted by molar-refractivity contribution is 5.81. The number of hydrogen-bond donors (Lipinski definition) is 2. The first-order chi connectivity index (χ1) is 8.11. The highest BCUT2D eigenvalue weighted by Gasteiger charge is 2.15. The Morgan fingerprint density at radius 3 is 2.53 bits per heavy atom. The number of rotatable bonds is 10. The highest BCUT2D eigenvalue weighted by Crippen LogP contribution is 2.03. The number of carbonyl (C=O) groups is 2. The third-order valence-electron chi connectivity index (χ3n) is 2.34. The van der Waals surface area contributed by atoms with Crippen molar-refractivity contribution < 1.29 is 19.4 Å². The van der Waals surface area contributed by atoms with Crippen LogP contribution >= 0.6 is 0 Å². The van der Waals surface area contributed by atoms with Crippen LogP contribution in [0.3, 0.4) is 0 Å². The summed E-state index contributed by atoms with van der Waals surface area (Å²) in [5, 5.41) is 8.69. The smallest absolute Gasteiger partial charge is 0.323 e. The Kier molecular flexibility index (Phi) is 9.37. The molecule has 3 N–H and O–H groups in total. The quantitative estimate of drug-likeness (QED) is 0.532. The summed E-state index contributed by atoms with van der Waals surface area (Å²) >= 11 is 0. The number of carboxylic acids is 1. The van der Waals surface area contributed by atoms with Crippen LogP contribution in [0.15, 0.2) is 0 Å². The Morgan fingerprint density at radius 2 is 2.00 bits per heavy atom. The molecule has 0 atom stereocenters. The maximum Gasteiger partial charge on any atom is 0.323 e. The zero-order valence-electron chi connectivity index (χ0n) is 10.4. The molecule has 0 aromatic carbocycles. The molecular weight excluding hydrogens is 224 g/mol. The van der Waals surface area contributed by atoms with Gasteiger partial charge in [0.2, 0.25) is 5.91 Å². The Bertz CT molecular complexity index is 234. The summed E-state index contributed by atoms with van der Waals surface area (Å²) in [4.78, 5) is 23.6. The molecule has 100 valence electrons. The van der Waals surface area contributed by atoms with Crippen molar-refractivity contribution in [3.8, 4) is 0 Å². The van der Waals surface area contributed by atoms with Crippen molar-refractivity contribution in [2.75, 3.05) is 33.4 Å². The number of methoxy groups -OCH3 is 1. The maximum atomic E-state index is 11.7. The lowest BCUT2D eigenvalue weighted by atomic mass is 10.2. The molecule has 0 unspecified atom stereocenters. The van der Waals surface area contributed by atoms with Crippen molar-refractivity contribution in [2.24, 2.45) is 5.73 Å². The Hall–Kier alpha value is -1.14. The molecule has 0 aliphatic heterocycles. The summed E-state index contributed by atoms with van der Waals surface area (Å²) in [6, 6.07) is 0. The minimum atomic E-state index is -1.00. The van der Waals surface area contributed by atoms with Gasteiger partial charge in [0.05, 0.1) is 6.61 Å². The van der Waals surface area contributed by atoms with Gasteiger partial charge in [-0.1, -0.05) is 6.42 Å². The molecule has 0 aromatic heterocycles. The van der Waals surface area contributed by atoms with E-state index in [1.807, 2.05) is 0 Å². The second-order valence-corrected chi connectivity index (χ2v) is 3.80. The van der Waals surface area contributed by atoms with Crippen LogP contribution in [0.4, 0.5) is 0 Å². The van der Waals surface area contributed by atoms with Crippen LogP contribution in [0.2, 0.25) is 0 Å². The van der Waals surface area contributed by atoms with Gasteiger partial charge in [-0.3, -0.25) is 9.59 Å². The number of aliphatic carboxylic acids is 1. The van der Waals surface area contributed by atoms with Crippen molar-refractivity contribution in [3.63, 3.8) is 0 Å². The van der Waals surface area contributed by atoms with Crippen molar-refractivity contribution in [1.29, 1.82) is 0 Å². The molecule has 0 bridgehead atoms. The van der Waals surface area contributed by atoms with E-state index >= 15 is 0 Å². The molecule has 6 nitrogen and oxygen atoms in total. The molecule has 6 heteroatoms. The average molecular weight is 246 g/mol. The molecule has 17 heavy (non-hydrogen) atoms. The lowest BCUT2D eigenvalue weighted by Gasteiger charge is -2.20. The van der Waals surface area contributed by atoms with Gasteiger partial charge in [0.1, 0.15) is 6.54 Å². The predicted molar refractivity (Wildman–Crippen MR) is 63.6 cm³/mol. The topological polar surface area (TPSA) is 92.9 Å². The van der Waals surface area contributed by atoms with Gasteiger partial charge in [-0.15, -0.1) is 0 Å². The number of nitrogens with zero attached hydrogens (tertiary/aromatic N) is 1. The fourth-order valence-corrected chi connectivity index (χ4v) is 1.41. The normalized spacial score (nSPS) is 10.2. The van der Waals surface area contributed by atoms with E-state index < -0.39 is 5.97 Å². The molecule has 0 aromatic rings. The highest BCUT2D eigenvalue weighted by atomic mass is 16.5. The predicted octanol–water partition coefficient (Wildman–Crippen LogP) is 0.0651. The number of ether oxygens (including phenoxy) is 1. The molecule has 0 radical (unpaired) electrons. The molecule has 0 rings (SSSR count). The lowest BCUT2D eigenvalue weighted by molar-refractivity contribution is -0.144. The zero-order chi connectivity index (χ0) is 13.1. The number of carboxylic acid groups (broad SMARTS) is 1. The molecule has 0 saturated carbocycles. The molecule has 0 saturated heterocycles. The summed E-state index contributed by atoms with van der Waals surface area (Å²) in [5.41, 5.74) is 5.35. The molecule has 0 fully saturated rings. The largest absolute Gasteiger partial charge is 0.480 e. The monoisotopic (exact) mass is 246 g/mol. The van der Waals surface area contributed by atoms with E-state index in [-0.39, 0.29) is 12.5 Å². The lowest BCUT2D eigenvalue weighted by Crippen LogP contribution is -2.37. The standard InChI is InChI=1S/C11H22N2O4/c1-17-8-7-13(9-11(15)16)10(14)5-3-2-4-6-12/h2-9,12H2,1H3,(H,15,16). The van der Waals surface area contributed by atoms with Gasteiger partial charge < -0.3 is 20.5 Å². The minimum absolute atomic E-state index is 0.138. The van der Waals surface area contributed by atoms with E-state index in [0.717, 1.165) is 19.3 Å². The van der Waals surface area contributed by atoms with Gasteiger partial charge in [-0.2, -0.15) is 0 Å². The Balaban J connectivity index is 3.98. The van der Waals surface area contributed by atoms with Crippen molar-refractivity contribution in [2.45, 2.75) is 25.7 Å². The second-order valence-electron chi connectivity index (χ2n) is 3.80. The number of unbranched alkanes of at least 4 members (excludes halogenated alkanes) is 2. The second kappa shape index (κ2) is 10.0. The van der Waals surface area contributed by atoms with E-state index in [9.17, 15) is 9.59 Å². The van der Waals surface area contributed by atoms with Gasteiger partial charge in [0, 0.05) is 20.1 Å². The summed E-state index contributed by atoms with van der Waals surface area (Å²) in [7, 11) is 1.52. The van der Waals surface area contributed by atoms with E-state index in [4.69, 9.17) is 15.6 Å².